The Labute approximate surface area is 149 Å². The number of ether oxygens (including phenoxy) is 1. The lowest BCUT2D eigenvalue weighted by molar-refractivity contribution is -0.111. The maximum Gasteiger partial charge on any atom is 0.248 e. The normalized spacial score (nSPS) is 10.8. The Morgan fingerprint density at radius 2 is 2.08 bits per heavy atom. The highest BCUT2D eigenvalue weighted by Gasteiger charge is 2.05. The third-order valence-corrected chi connectivity index (χ3v) is 4.47. The molecule has 2 aromatic carbocycles. The van der Waals surface area contributed by atoms with E-state index in [0.29, 0.717) is 11.4 Å². The lowest BCUT2D eigenvalue weighted by Crippen LogP contribution is -2.09. The van der Waals surface area contributed by atoms with Gasteiger partial charge in [0, 0.05) is 22.7 Å². The zero-order valence-corrected chi connectivity index (χ0v) is 14.4. The van der Waals surface area contributed by atoms with Crippen LogP contribution in [-0.2, 0) is 4.79 Å². The van der Waals surface area contributed by atoms with Crippen LogP contribution in [0.15, 0.2) is 60.8 Å². The third-order valence-electron chi connectivity index (χ3n) is 3.46. The smallest absolute Gasteiger partial charge is 0.248 e. The molecule has 5 nitrogen and oxygen atoms in total. The molecule has 6 heteroatoms. The summed E-state index contributed by atoms with van der Waals surface area (Å²) in [6.45, 7) is 0. The Bertz CT molecular complexity index is 918. The highest BCUT2D eigenvalue weighted by molar-refractivity contribution is 7.15. The number of hydrogen-bond donors (Lipinski definition) is 2. The second kappa shape index (κ2) is 7.63. The van der Waals surface area contributed by atoms with Crippen molar-refractivity contribution in [1.29, 1.82) is 0 Å². The summed E-state index contributed by atoms with van der Waals surface area (Å²) >= 11 is 1.50. The molecule has 0 unspecified atom stereocenters. The van der Waals surface area contributed by atoms with Crippen molar-refractivity contribution in [1.82, 2.24) is 4.98 Å². The second-order valence-corrected chi connectivity index (χ2v) is 6.27. The molecule has 0 aliphatic carbocycles. The molecule has 1 heterocycles. The number of amides is 1. The molecule has 3 aromatic rings. The van der Waals surface area contributed by atoms with Crippen LogP contribution >= 0.6 is 11.3 Å². The summed E-state index contributed by atoms with van der Waals surface area (Å²) in [7, 11) is 1.63. The summed E-state index contributed by atoms with van der Waals surface area (Å²) in [5.41, 5.74) is 7.91. The largest absolute Gasteiger partial charge is 0.497 e. The van der Waals surface area contributed by atoms with Gasteiger partial charge in [0.2, 0.25) is 5.91 Å². The minimum absolute atomic E-state index is 0.241. The van der Waals surface area contributed by atoms with Crippen LogP contribution in [0.5, 0.6) is 5.75 Å². The number of nitrogens with two attached hydrogens (primary N) is 1. The number of hydrogen-bond acceptors (Lipinski definition) is 5. The number of rotatable bonds is 5. The quantitative estimate of drug-likeness (QED) is 0.537. The van der Waals surface area contributed by atoms with E-state index in [0.717, 1.165) is 21.2 Å². The van der Waals surface area contributed by atoms with Crippen molar-refractivity contribution in [2.75, 3.05) is 18.2 Å². The Balaban J connectivity index is 1.69. The highest BCUT2D eigenvalue weighted by Crippen LogP contribution is 2.28. The van der Waals surface area contributed by atoms with Crippen molar-refractivity contribution >= 4 is 34.7 Å². The van der Waals surface area contributed by atoms with E-state index < -0.39 is 0 Å². The Hall–Kier alpha value is -3.12. The number of para-hydroxylation sites is 2. The number of nitrogen functional groups attached to an aromatic ring is 1. The molecule has 0 spiro atoms. The Kier molecular flexibility index (Phi) is 5.11. The van der Waals surface area contributed by atoms with Crippen LogP contribution in [0, 0.1) is 0 Å². The predicted molar refractivity (Wildman–Crippen MR) is 103 cm³/mol. The number of anilines is 2. The molecule has 0 saturated heterocycles. The van der Waals surface area contributed by atoms with E-state index in [1.54, 1.807) is 31.5 Å². The lowest BCUT2D eigenvalue weighted by atomic mass is 10.2. The predicted octanol–water partition coefficient (Wildman–Crippen LogP) is 4.05. The molecule has 0 saturated carbocycles. The van der Waals surface area contributed by atoms with E-state index in [1.165, 1.54) is 17.4 Å². The van der Waals surface area contributed by atoms with Gasteiger partial charge in [0.25, 0.3) is 0 Å². The number of aromatic nitrogens is 1. The minimum Gasteiger partial charge on any atom is -0.497 e. The fourth-order valence-corrected chi connectivity index (χ4v) is 3.01. The molecule has 126 valence electrons. The molecule has 0 radical (unpaired) electrons. The molecule has 25 heavy (non-hydrogen) atoms. The molecule has 0 aliphatic heterocycles. The van der Waals surface area contributed by atoms with E-state index in [1.807, 2.05) is 36.4 Å². The van der Waals surface area contributed by atoms with E-state index in [2.05, 4.69) is 10.3 Å². The van der Waals surface area contributed by atoms with E-state index in [9.17, 15) is 4.79 Å². The van der Waals surface area contributed by atoms with Gasteiger partial charge < -0.3 is 15.8 Å². The molecule has 3 N–H and O–H groups in total. The molecule has 1 amide bonds. The Morgan fingerprint density at radius 1 is 1.24 bits per heavy atom. The summed E-state index contributed by atoms with van der Waals surface area (Å²) in [6, 6.07) is 14.8. The van der Waals surface area contributed by atoms with Crippen LogP contribution in [0.4, 0.5) is 11.4 Å². The summed E-state index contributed by atoms with van der Waals surface area (Å²) in [4.78, 5) is 17.3. The number of carbonyl (C=O) groups is 1. The minimum atomic E-state index is -0.241. The first-order chi connectivity index (χ1) is 12.2. The number of carbonyl (C=O) groups excluding carboxylic acids is 1. The fourth-order valence-electron chi connectivity index (χ4n) is 2.20. The van der Waals surface area contributed by atoms with Crippen molar-refractivity contribution in [3.05, 3.63) is 65.7 Å². The van der Waals surface area contributed by atoms with Gasteiger partial charge in [-0.2, -0.15) is 0 Å². The molecular weight excluding hydrogens is 334 g/mol. The summed E-state index contributed by atoms with van der Waals surface area (Å²) < 4.78 is 5.23. The summed E-state index contributed by atoms with van der Waals surface area (Å²) in [6.07, 6.45) is 4.94. The van der Waals surface area contributed by atoms with Gasteiger partial charge in [0.1, 0.15) is 10.8 Å². The SMILES string of the molecule is COc1cccc(-c2ncc(/C=C/C(=O)Nc3ccccc3N)s2)c1. The monoisotopic (exact) mass is 351 g/mol. The van der Waals surface area contributed by atoms with Crippen LogP contribution in [0.25, 0.3) is 16.6 Å². The summed E-state index contributed by atoms with van der Waals surface area (Å²) in [5, 5.41) is 3.62. The van der Waals surface area contributed by atoms with Gasteiger partial charge in [-0.3, -0.25) is 4.79 Å². The zero-order valence-electron chi connectivity index (χ0n) is 13.6. The number of methoxy groups -OCH3 is 1. The van der Waals surface area contributed by atoms with Gasteiger partial charge in [0.15, 0.2) is 0 Å². The maximum atomic E-state index is 12.0. The average molecular weight is 351 g/mol. The van der Waals surface area contributed by atoms with Gasteiger partial charge in [-0.25, -0.2) is 4.98 Å². The second-order valence-electron chi connectivity index (χ2n) is 5.21. The van der Waals surface area contributed by atoms with Crippen molar-refractivity contribution in [3.8, 4) is 16.3 Å². The number of nitrogens with one attached hydrogen (secondary N) is 1. The van der Waals surface area contributed by atoms with E-state index in [4.69, 9.17) is 10.5 Å². The van der Waals surface area contributed by atoms with E-state index in [-0.39, 0.29) is 5.91 Å². The molecule has 3 rings (SSSR count). The fraction of sp³-hybridized carbons (Fsp3) is 0.0526. The first kappa shape index (κ1) is 16.7. The standard InChI is InChI=1S/C19H17N3O2S/c1-24-14-6-4-5-13(11-14)19-21-12-15(25-19)9-10-18(23)22-17-8-3-2-7-16(17)20/h2-12H,20H2,1H3,(H,22,23)/b10-9+. The van der Waals surface area contributed by atoms with Crippen LogP contribution in [0.1, 0.15) is 4.88 Å². The third kappa shape index (κ3) is 4.24. The van der Waals surface area contributed by atoms with Crippen molar-refractivity contribution in [3.63, 3.8) is 0 Å². The average Bonchev–Trinajstić information content (AvgIpc) is 3.11. The van der Waals surface area contributed by atoms with Gasteiger partial charge in [-0.05, 0) is 30.3 Å². The zero-order chi connectivity index (χ0) is 17.6. The lowest BCUT2D eigenvalue weighted by Gasteiger charge is -2.04. The van der Waals surface area contributed by atoms with Crippen molar-refractivity contribution in [2.24, 2.45) is 0 Å². The number of benzene rings is 2. The van der Waals surface area contributed by atoms with Crippen molar-refractivity contribution < 1.29 is 9.53 Å². The van der Waals surface area contributed by atoms with Crippen LogP contribution in [0.2, 0.25) is 0 Å². The van der Waals surface area contributed by atoms with Crippen LogP contribution in [-0.4, -0.2) is 18.0 Å². The number of thiazole rings is 1. The molecule has 0 atom stereocenters. The highest BCUT2D eigenvalue weighted by atomic mass is 32.1. The summed E-state index contributed by atoms with van der Waals surface area (Å²) in [5.74, 6) is 0.541. The van der Waals surface area contributed by atoms with E-state index >= 15 is 0 Å². The molecule has 1 aromatic heterocycles. The van der Waals surface area contributed by atoms with Crippen molar-refractivity contribution in [2.45, 2.75) is 0 Å². The molecule has 0 bridgehead atoms. The molecular formula is C19H17N3O2S. The Morgan fingerprint density at radius 3 is 2.88 bits per heavy atom. The maximum absolute atomic E-state index is 12.0. The topological polar surface area (TPSA) is 77.2 Å². The first-order valence-corrected chi connectivity index (χ1v) is 8.41. The van der Waals surface area contributed by atoms with Crippen LogP contribution in [0.3, 0.4) is 0 Å². The van der Waals surface area contributed by atoms with Gasteiger partial charge >= 0.3 is 0 Å². The van der Waals surface area contributed by atoms with Crippen LogP contribution < -0.4 is 15.8 Å². The molecule has 0 fully saturated rings. The van der Waals surface area contributed by atoms with Gasteiger partial charge in [-0.1, -0.05) is 24.3 Å². The van der Waals surface area contributed by atoms with Gasteiger partial charge in [-0.15, -0.1) is 11.3 Å². The van der Waals surface area contributed by atoms with Gasteiger partial charge in [0.05, 0.1) is 18.5 Å². The first-order valence-electron chi connectivity index (χ1n) is 7.59. The number of nitrogens with zero attached hydrogens (tertiary/aromatic N) is 1. The molecule has 0 aliphatic rings.